The van der Waals surface area contributed by atoms with Crippen LogP contribution in [0.2, 0.25) is 0 Å². The van der Waals surface area contributed by atoms with Gasteiger partial charge in [-0.1, -0.05) is 12.1 Å². The number of ether oxygens (including phenoxy) is 2. The van der Waals surface area contributed by atoms with Crippen molar-refractivity contribution in [3.8, 4) is 11.5 Å². The van der Waals surface area contributed by atoms with Crippen LogP contribution in [0.1, 0.15) is 12.0 Å². The van der Waals surface area contributed by atoms with E-state index in [9.17, 15) is 17.6 Å². The summed E-state index contributed by atoms with van der Waals surface area (Å²) >= 11 is 0. The van der Waals surface area contributed by atoms with E-state index in [0.717, 1.165) is 4.31 Å². The maximum absolute atomic E-state index is 13.4. The van der Waals surface area contributed by atoms with Gasteiger partial charge in [0, 0.05) is 31.4 Å². The molecule has 0 radical (unpaired) electrons. The first kappa shape index (κ1) is 22.0. The maximum Gasteiger partial charge on any atom is 0.282 e. The number of halogens is 1. The fourth-order valence-corrected chi connectivity index (χ4v) is 4.89. The monoisotopic (exact) mass is 437 g/mol. The van der Waals surface area contributed by atoms with Gasteiger partial charge in [0.05, 0.1) is 20.8 Å². The van der Waals surface area contributed by atoms with Crippen molar-refractivity contribution < 1.29 is 27.1 Å². The highest BCUT2D eigenvalue weighted by Gasteiger charge is 2.34. The lowest BCUT2D eigenvalue weighted by Gasteiger charge is -2.34. The summed E-state index contributed by atoms with van der Waals surface area (Å²) in [6, 6.07) is 10.7. The van der Waals surface area contributed by atoms with E-state index >= 15 is 0 Å². The van der Waals surface area contributed by atoms with Crippen LogP contribution < -0.4 is 14.8 Å². The molecule has 3 rings (SSSR count). The van der Waals surface area contributed by atoms with Crippen LogP contribution in [0.5, 0.6) is 11.5 Å². The van der Waals surface area contributed by atoms with Crippen molar-refractivity contribution in [2.45, 2.75) is 13.0 Å². The van der Waals surface area contributed by atoms with Crippen LogP contribution in [-0.2, 0) is 21.5 Å². The number of nitrogens with one attached hydrogen (secondary N) is 1. The molecule has 0 bridgehead atoms. The minimum Gasteiger partial charge on any atom is -0.493 e. The predicted molar refractivity (Wildman–Crippen MR) is 110 cm³/mol. The highest BCUT2D eigenvalue weighted by atomic mass is 32.2. The maximum atomic E-state index is 13.4. The Hall–Kier alpha value is -2.69. The Morgan fingerprint density at radius 3 is 2.50 bits per heavy atom. The molecule has 1 aliphatic heterocycles. The van der Waals surface area contributed by atoms with Crippen molar-refractivity contribution in [3.63, 3.8) is 0 Å². The molecule has 1 heterocycles. The Bertz CT molecular complexity index is 1020. The molecule has 1 saturated heterocycles. The largest absolute Gasteiger partial charge is 0.493 e. The van der Waals surface area contributed by atoms with Crippen LogP contribution in [0.4, 0.5) is 10.1 Å². The first-order chi connectivity index (χ1) is 14.3. The smallest absolute Gasteiger partial charge is 0.282 e. The molecule has 1 N–H and O–H groups in total. The second-order valence-electron chi connectivity index (χ2n) is 6.78. The van der Waals surface area contributed by atoms with Gasteiger partial charge in [0.15, 0.2) is 11.5 Å². The normalized spacial score (nSPS) is 16.8. The van der Waals surface area contributed by atoms with Crippen molar-refractivity contribution in [2.24, 2.45) is 0 Å². The van der Waals surface area contributed by atoms with Crippen LogP contribution >= 0.6 is 0 Å². The van der Waals surface area contributed by atoms with E-state index < -0.39 is 21.9 Å². The summed E-state index contributed by atoms with van der Waals surface area (Å²) in [5.41, 5.74) is 1.01. The molecule has 162 valence electrons. The van der Waals surface area contributed by atoms with Crippen molar-refractivity contribution >= 4 is 21.8 Å². The van der Waals surface area contributed by atoms with Crippen LogP contribution in [0, 0.1) is 5.82 Å². The zero-order valence-electron chi connectivity index (χ0n) is 16.8. The highest BCUT2D eigenvalue weighted by molar-refractivity contribution is 7.86. The molecule has 30 heavy (non-hydrogen) atoms. The van der Waals surface area contributed by atoms with Gasteiger partial charge < -0.3 is 14.8 Å². The highest BCUT2D eigenvalue weighted by Crippen LogP contribution is 2.29. The molecule has 0 spiro atoms. The Kier molecular flexibility index (Phi) is 6.91. The summed E-state index contributed by atoms with van der Waals surface area (Å²) in [6.45, 7) is 0.276. The molecule has 1 aliphatic rings. The zero-order valence-corrected chi connectivity index (χ0v) is 17.6. The molecule has 0 aromatic heterocycles. The van der Waals surface area contributed by atoms with Gasteiger partial charge in [-0.3, -0.25) is 4.79 Å². The zero-order chi connectivity index (χ0) is 21.7. The van der Waals surface area contributed by atoms with Gasteiger partial charge in [-0.15, -0.1) is 0 Å². The number of hydrogen-bond acceptors (Lipinski definition) is 5. The lowest BCUT2D eigenvalue weighted by molar-refractivity contribution is -0.116. The molecule has 8 nitrogen and oxygen atoms in total. The molecule has 1 amide bonds. The van der Waals surface area contributed by atoms with Crippen molar-refractivity contribution in [2.75, 3.05) is 39.2 Å². The fraction of sp³-hybridized carbons (Fsp3) is 0.350. The number of carbonyl (C=O) groups excluding carboxylic acids is 1. The Morgan fingerprint density at radius 1 is 1.07 bits per heavy atom. The van der Waals surface area contributed by atoms with Gasteiger partial charge in [0.2, 0.25) is 5.91 Å². The van der Waals surface area contributed by atoms with E-state index in [1.165, 1.54) is 36.7 Å². The third-order valence-corrected chi connectivity index (χ3v) is 6.63. The van der Waals surface area contributed by atoms with Crippen molar-refractivity contribution in [3.05, 3.63) is 53.8 Å². The molecule has 0 aliphatic carbocycles. The minimum absolute atomic E-state index is 0.0495. The molecule has 0 atom stereocenters. The van der Waals surface area contributed by atoms with Gasteiger partial charge in [-0.25, -0.2) is 4.39 Å². The van der Waals surface area contributed by atoms with Crippen LogP contribution in [0.25, 0.3) is 0 Å². The molecule has 1 fully saturated rings. The quantitative estimate of drug-likeness (QED) is 0.718. The second kappa shape index (κ2) is 9.41. The Morgan fingerprint density at radius 2 is 1.80 bits per heavy atom. The van der Waals surface area contributed by atoms with Crippen molar-refractivity contribution in [1.29, 1.82) is 0 Å². The topological polar surface area (TPSA) is 88.2 Å². The fourth-order valence-electron chi connectivity index (χ4n) is 3.25. The van der Waals surface area contributed by atoms with E-state index in [2.05, 4.69) is 5.32 Å². The average Bonchev–Trinajstić information content (AvgIpc) is 2.71. The summed E-state index contributed by atoms with van der Waals surface area (Å²) in [4.78, 5) is 12.5. The Balaban J connectivity index is 1.67. The number of nitrogens with zero attached hydrogens (tertiary/aromatic N) is 2. The van der Waals surface area contributed by atoms with Gasteiger partial charge in [-0.05, 0) is 36.2 Å². The second-order valence-corrected chi connectivity index (χ2v) is 8.70. The average molecular weight is 437 g/mol. The first-order valence-corrected chi connectivity index (χ1v) is 10.7. The predicted octanol–water partition coefficient (Wildman–Crippen LogP) is 2.23. The number of carbonyl (C=O) groups is 1. The summed E-state index contributed by atoms with van der Waals surface area (Å²) in [7, 11) is -0.858. The van der Waals surface area contributed by atoms with Gasteiger partial charge in [-0.2, -0.15) is 17.0 Å². The lowest BCUT2D eigenvalue weighted by Crippen LogP contribution is -2.51. The number of methoxy groups -OCH3 is 2. The van der Waals surface area contributed by atoms with E-state index in [1.807, 2.05) is 0 Å². The first-order valence-electron chi connectivity index (χ1n) is 9.35. The molecule has 0 unspecified atom stereocenters. The summed E-state index contributed by atoms with van der Waals surface area (Å²) in [5.74, 6) is 0.0655. The van der Waals surface area contributed by atoms with Gasteiger partial charge in [0.25, 0.3) is 10.2 Å². The number of hydrogen-bond donors (Lipinski definition) is 1. The number of anilines is 1. The molecule has 2 aromatic carbocycles. The van der Waals surface area contributed by atoms with Gasteiger partial charge >= 0.3 is 0 Å². The molecule has 10 heteroatoms. The Labute approximate surface area is 175 Å². The molecular formula is C20H24FN3O5S. The lowest BCUT2D eigenvalue weighted by atomic mass is 10.2. The summed E-state index contributed by atoms with van der Waals surface area (Å²) in [6.07, 6.45) is 0.568. The van der Waals surface area contributed by atoms with Crippen LogP contribution in [-0.4, -0.2) is 56.8 Å². The number of amides is 1. The third kappa shape index (κ3) is 5.07. The number of benzene rings is 2. The molecular weight excluding hydrogens is 413 g/mol. The summed E-state index contributed by atoms with van der Waals surface area (Å²) < 4.78 is 52.0. The summed E-state index contributed by atoms with van der Waals surface area (Å²) in [5, 5.41) is 2.68. The van der Waals surface area contributed by atoms with E-state index in [4.69, 9.17) is 9.47 Å². The third-order valence-electron chi connectivity index (χ3n) is 4.70. The standard InChI is InChI=1S/C20H24FN3O5S/c1-28-18-8-7-17(12-19(18)29-2)22-20(25)14-24-10-4-9-23(30(24,26)27)13-15-5-3-6-16(21)11-15/h3,5-8,11-12H,4,9-10,13-14H2,1-2H3,(H,22,25). The van der Waals surface area contributed by atoms with E-state index in [1.54, 1.807) is 24.3 Å². The number of rotatable bonds is 7. The molecule has 0 saturated carbocycles. The van der Waals surface area contributed by atoms with Gasteiger partial charge in [0.1, 0.15) is 5.82 Å². The van der Waals surface area contributed by atoms with Crippen molar-refractivity contribution in [1.82, 2.24) is 8.61 Å². The van der Waals surface area contributed by atoms with Crippen LogP contribution in [0.3, 0.4) is 0 Å². The SMILES string of the molecule is COc1ccc(NC(=O)CN2CCCN(Cc3cccc(F)c3)S2(=O)=O)cc1OC. The van der Waals surface area contributed by atoms with Crippen LogP contribution in [0.15, 0.2) is 42.5 Å². The van der Waals surface area contributed by atoms with E-state index in [-0.39, 0.29) is 19.6 Å². The van der Waals surface area contributed by atoms with E-state index in [0.29, 0.717) is 35.7 Å². The minimum atomic E-state index is -3.85. The molecule has 2 aromatic rings.